The van der Waals surface area contributed by atoms with Gasteiger partial charge in [0.05, 0.1) is 0 Å². The minimum atomic E-state index is -1.05. The van der Waals surface area contributed by atoms with E-state index in [2.05, 4.69) is 5.32 Å². The van der Waals surface area contributed by atoms with Crippen molar-refractivity contribution in [3.05, 3.63) is 77.4 Å². The number of aliphatic carboxylic acids is 1. The van der Waals surface area contributed by atoms with E-state index in [9.17, 15) is 14.7 Å². The van der Waals surface area contributed by atoms with Crippen LogP contribution in [0.15, 0.2) is 60.7 Å². The normalized spacial score (nSPS) is 12.0. The van der Waals surface area contributed by atoms with Gasteiger partial charge in [-0.2, -0.15) is 0 Å². The number of carbonyl (C=O) groups is 2. The first kappa shape index (κ1) is 16.5. The maximum absolute atomic E-state index is 11.9. The number of benzene rings is 2. The van der Waals surface area contributed by atoms with Gasteiger partial charge in [0.15, 0.2) is 0 Å². The van der Waals surface area contributed by atoms with Crippen molar-refractivity contribution in [3.8, 4) is 0 Å². The van der Waals surface area contributed by atoms with Gasteiger partial charge in [-0.05, 0) is 24.1 Å². The monoisotopic (exact) mass is 309 g/mol. The Morgan fingerprint density at radius 3 is 2.52 bits per heavy atom. The lowest BCUT2D eigenvalue weighted by molar-refractivity contribution is -0.141. The van der Waals surface area contributed by atoms with Gasteiger partial charge in [0.25, 0.3) is 0 Å². The molecule has 0 saturated carbocycles. The molecule has 2 rings (SSSR count). The van der Waals surface area contributed by atoms with Crippen LogP contribution in [-0.2, 0) is 16.0 Å². The SMILES string of the molecule is Cc1cccc(C=CC(=O)N[C@@H](Cc2ccccc2)C(=O)O)c1. The van der Waals surface area contributed by atoms with Crippen LogP contribution in [0.5, 0.6) is 0 Å². The standard InChI is InChI=1S/C19H19NO3/c1-14-6-5-9-16(12-14)10-11-18(21)20-17(19(22)23)13-15-7-3-2-4-8-15/h2-12,17H,13H2,1H3,(H,20,21)(H,22,23)/t17-/m0/s1. The number of hydrogen-bond acceptors (Lipinski definition) is 2. The molecular formula is C19H19NO3. The molecule has 0 saturated heterocycles. The average molecular weight is 309 g/mol. The third-order valence-corrected chi connectivity index (χ3v) is 3.37. The maximum Gasteiger partial charge on any atom is 0.326 e. The minimum Gasteiger partial charge on any atom is -0.480 e. The summed E-state index contributed by atoms with van der Waals surface area (Å²) < 4.78 is 0. The Morgan fingerprint density at radius 1 is 1.13 bits per heavy atom. The highest BCUT2D eigenvalue weighted by atomic mass is 16.4. The van der Waals surface area contributed by atoms with Gasteiger partial charge >= 0.3 is 5.97 Å². The third kappa shape index (κ3) is 5.43. The molecule has 0 unspecified atom stereocenters. The number of amides is 1. The van der Waals surface area contributed by atoms with E-state index in [-0.39, 0.29) is 6.42 Å². The van der Waals surface area contributed by atoms with E-state index in [0.29, 0.717) is 0 Å². The Morgan fingerprint density at radius 2 is 1.87 bits per heavy atom. The second-order valence-corrected chi connectivity index (χ2v) is 5.34. The van der Waals surface area contributed by atoms with Crippen LogP contribution in [0.25, 0.3) is 6.08 Å². The van der Waals surface area contributed by atoms with E-state index in [1.54, 1.807) is 6.08 Å². The van der Waals surface area contributed by atoms with E-state index in [4.69, 9.17) is 0 Å². The lowest BCUT2D eigenvalue weighted by Crippen LogP contribution is -2.41. The molecule has 0 heterocycles. The molecule has 1 amide bonds. The predicted octanol–water partition coefficient (Wildman–Crippen LogP) is 2.82. The molecule has 0 aliphatic carbocycles. The molecule has 2 N–H and O–H groups in total. The zero-order valence-electron chi connectivity index (χ0n) is 12.9. The van der Waals surface area contributed by atoms with Gasteiger partial charge < -0.3 is 10.4 Å². The first-order valence-corrected chi connectivity index (χ1v) is 7.36. The highest BCUT2D eigenvalue weighted by Crippen LogP contribution is 2.06. The molecule has 0 bridgehead atoms. The van der Waals surface area contributed by atoms with Crippen LogP contribution < -0.4 is 5.32 Å². The van der Waals surface area contributed by atoms with Gasteiger partial charge in [-0.3, -0.25) is 4.79 Å². The summed E-state index contributed by atoms with van der Waals surface area (Å²) in [5.74, 6) is -1.47. The van der Waals surface area contributed by atoms with E-state index < -0.39 is 17.9 Å². The molecule has 2 aromatic rings. The number of carbonyl (C=O) groups excluding carboxylic acids is 1. The Kier molecular flexibility index (Phi) is 5.69. The summed E-state index contributed by atoms with van der Waals surface area (Å²) in [6.07, 6.45) is 3.28. The van der Waals surface area contributed by atoms with E-state index >= 15 is 0 Å². The Bertz CT molecular complexity index is 708. The molecule has 0 aromatic heterocycles. The highest BCUT2D eigenvalue weighted by molar-refractivity contribution is 5.94. The summed E-state index contributed by atoms with van der Waals surface area (Å²) in [5.41, 5.74) is 2.86. The van der Waals surface area contributed by atoms with Gasteiger partial charge in [-0.25, -0.2) is 4.79 Å². The summed E-state index contributed by atoms with van der Waals surface area (Å²) in [7, 11) is 0. The van der Waals surface area contributed by atoms with Crippen LogP contribution >= 0.6 is 0 Å². The Hall–Kier alpha value is -2.88. The van der Waals surface area contributed by atoms with Crippen LogP contribution in [0.3, 0.4) is 0 Å². The molecule has 0 spiro atoms. The second kappa shape index (κ2) is 7.94. The van der Waals surface area contributed by atoms with Crippen LogP contribution in [-0.4, -0.2) is 23.0 Å². The maximum atomic E-state index is 11.9. The van der Waals surface area contributed by atoms with Crippen LogP contribution in [0.2, 0.25) is 0 Å². The number of nitrogens with one attached hydrogen (secondary N) is 1. The first-order chi connectivity index (χ1) is 11.0. The molecule has 0 fully saturated rings. The van der Waals surface area contributed by atoms with Crippen molar-refractivity contribution in [1.29, 1.82) is 0 Å². The quantitative estimate of drug-likeness (QED) is 0.806. The fourth-order valence-corrected chi connectivity index (χ4v) is 2.22. The van der Waals surface area contributed by atoms with Crippen LogP contribution in [0.1, 0.15) is 16.7 Å². The summed E-state index contributed by atoms with van der Waals surface area (Å²) in [6.45, 7) is 1.97. The highest BCUT2D eigenvalue weighted by Gasteiger charge is 2.19. The molecule has 2 aromatic carbocycles. The lowest BCUT2D eigenvalue weighted by atomic mass is 10.1. The van der Waals surface area contributed by atoms with E-state index in [1.165, 1.54) is 6.08 Å². The first-order valence-electron chi connectivity index (χ1n) is 7.36. The van der Waals surface area contributed by atoms with Gasteiger partial charge in [-0.15, -0.1) is 0 Å². The fourth-order valence-electron chi connectivity index (χ4n) is 2.22. The Balaban J connectivity index is 1.99. The fraction of sp³-hybridized carbons (Fsp3) is 0.158. The largest absolute Gasteiger partial charge is 0.480 e. The molecule has 23 heavy (non-hydrogen) atoms. The van der Waals surface area contributed by atoms with E-state index in [1.807, 2.05) is 61.5 Å². The number of hydrogen-bond donors (Lipinski definition) is 2. The second-order valence-electron chi connectivity index (χ2n) is 5.34. The molecule has 4 nitrogen and oxygen atoms in total. The summed E-state index contributed by atoms with van der Waals surface area (Å²) >= 11 is 0. The van der Waals surface area contributed by atoms with E-state index in [0.717, 1.165) is 16.7 Å². The van der Waals surface area contributed by atoms with Gasteiger partial charge in [-0.1, -0.05) is 60.2 Å². The van der Waals surface area contributed by atoms with Crippen molar-refractivity contribution < 1.29 is 14.7 Å². The van der Waals surface area contributed by atoms with Crippen molar-refractivity contribution in [2.24, 2.45) is 0 Å². The molecule has 4 heteroatoms. The van der Waals surface area contributed by atoms with Crippen LogP contribution in [0, 0.1) is 6.92 Å². The van der Waals surface area contributed by atoms with Crippen LogP contribution in [0.4, 0.5) is 0 Å². The molecular weight excluding hydrogens is 290 g/mol. The summed E-state index contributed by atoms with van der Waals surface area (Å²) in [6, 6.07) is 16.0. The zero-order valence-corrected chi connectivity index (χ0v) is 12.9. The number of carboxylic acids is 1. The number of aryl methyl sites for hydroxylation is 1. The molecule has 118 valence electrons. The predicted molar refractivity (Wildman–Crippen MR) is 89.9 cm³/mol. The smallest absolute Gasteiger partial charge is 0.326 e. The van der Waals surface area contributed by atoms with Crippen molar-refractivity contribution in [2.45, 2.75) is 19.4 Å². The van der Waals surface area contributed by atoms with Crippen molar-refractivity contribution in [3.63, 3.8) is 0 Å². The summed E-state index contributed by atoms with van der Waals surface area (Å²) in [5, 5.41) is 11.8. The van der Waals surface area contributed by atoms with Gasteiger partial charge in [0, 0.05) is 12.5 Å². The summed E-state index contributed by atoms with van der Waals surface area (Å²) in [4.78, 5) is 23.3. The van der Waals surface area contributed by atoms with Gasteiger partial charge in [0.2, 0.25) is 5.91 Å². The van der Waals surface area contributed by atoms with Crippen molar-refractivity contribution in [1.82, 2.24) is 5.32 Å². The van der Waals surface area contributed by atoms with Crippen molar-refractivity contribution in [2.75, 3.05) is 0 Å². The third-order valence-electron chi connectivity index (χ3n) is 3.37. The molecule has 0 radical (unpaired) electrons. The lowest BCUT2D eigenvalue weighted by Gasteiger charge is -2.13. The van der Waals surface area contributed by atoms with Gasteiger partial charge in [0.1, 0.15) is 6.04 Å². The molecule has 0 aliphatic rings. The topological polar surface area (TPSA) is 66.4 Å². The average Bonchev–Trinajstić information content (AvgIpc) is 2.53. The number of rotatable bonds is 6. The molecule has 0 aliphatic heterocycles. The van der Waals surface area contributed by atoms with Crippen molar-refractivity contribution >= 4 is 18.0 Å². The molecule has 1 atom stereocenters. The Labute approximate surface area is 135 Å². The number of carboxylic acid groups (broad SMARTS) is 1. The minimum absolute atomic E-state index is 0.250. The zero-order chi connectivity index (χ0) is 16.7.